The maximum atomic E-state index is 12.8. The van der Waals surface area contributed by atoms with E-state index in [1.165, 1.54) is 18.2 Å². The van der Waals surface area contributed by atoms with Crippen LogP contribution in [-0.4, -0.2) is 10.6 Å². The highest BCUT2D eigenvalue weighted by Crippen LogP contribution is 2.21. The Bertz CT molecular complexity index is 304. The minimum Gasteiger partial charge on any atom is -0.508 e. The Balaban J connectivity index is 2.94. The fourth-order valence-electron chi connectivity index (χ4n) is 1.19. The Morgan fingerprint density at radius 1 is 1.46 bits per heavy atom. The van der Waals surface area contributed by atoms with Crippen molar-refractivity contribution in [3.05, 3.63) is 29.6 Å². The van der Waals surface area contributed by atoms with Gasteiger partial charge in [0, 0.05) is 5.54 Å². The summed E-state index contributed by atoms with van der Waals surface area (Å²) in [4.78, 5) is 0. The van der Waals surface area contributed by atoms with Crippen LogP contribution in [0.1, 0.15) is 19.4 Å². The molecule has 0 bridgehead atoms. The zero-order valence-electron chi connectivity index (χ0n) is 7.84. The van der Waals surface area contributed by atoms with E-state index in [1.807, 2.05) is 13.8 Å². The fourth-order valence-corrected chi connectivity index (χ4v) is 1.19. The summed E-state index contributed by atoms with van der Waals surface area (Å²) in [6.45, 7) is 3.66. The van der Waals surface area contributed by atoms with Gasteiger partial charge in [0.2, 0.25) is 0 Å². The van der Waals surface area contributed by atoms with Crippen molar-refractivity contribution in [3.63, 3.8) is 0 Å². The first-order valence-corrected chi connectivity index (χ1v) is 4.15. The molecular formula is C10H14FNO. The van der Waals surface area contributed by atoms with Gasteiger partial charge < -0.3 is 10.8 Å². The Kier molecular flexibility index (Phi) is 2.57. The molecule has 0 atom stereocenters. The fraction of sp³-hybridized carbons (Fsp3) is 0.400. The van der Waals surface area contributed by atoms with Crippen molar-refractivity contribution in [2.45, 2.75) is 25.8 Å². The van der Waals surface area contributed by atoms with Crippen LogP contribution in [0.3, 0.4) is 0 Å². The van der Waals surface area contributed by atoms with E-state index < -0.39 is 5.54 Å². The third-order valence-corrected chi connectivity index (χ3v) is 1.69. The topological polar surface area (TPSA) is 46.2 Å². The lowest BCUT2D eigenvalue weighted by Gasteiger charge is -2.18. The number of halogens is 1. The molecule has 1 rings (SSSR count). The van der Waals surface area contributed by atoms with E-state index in [2.05, 4.69) is 0 Å². The smallest absolute Gasteiger partial charge is 0.123 e. The normalized spacial score (nSPS) is 11.7. The van der Waals surface area contributed by atoms with E-state index in [1.54, 1.807) is 0 Å². The summed E-state index contributed by atoms with van der Waals surface area (Å²) in [7, 11) is 0. The van der Waals surface area contributed by atoms with Crippen molar-refractivity contribution in [1.82, 2.24) is 0 Å². The van der Waals surface area contributed by atoms with Crippen LogP contribution in [0.4, 0.5) is 4.39 Å². The van der Waals surface area contributed by atoms with Crippen LogP contribution in [0.5, 0.6) is 5.75 Å². The number of phenolic OH excluding ortho intramolecular Hbond substituents is 1. The Morgan fingerprint density at radius 3 is 2.62 bits per heavy atom. The summed E-state index contributed by atoms with van der Waals surface area (Å²) < 4.78 is 12.8. The monoisotopic (exact) mass is 183 g/mol. The molecule has 0 amide bonds. The van der Waals surface area contributed by atoms with Gasteiger partial charge in [0.1, 0.15) is 11.6 Å². The number of aromatic hydroxyl groups is 1. The summed E-state index contributed by atoms with van der Waals surface area (Å²) in [5.41, 5.74) is 5.86. The largest absolute Gasteiger partial charge is 0.508 e. The van der Waals surface area contributed by atoms with Crippen molar-refractivity contribution < 1.29 is 9.50 Å². The molecule has 0 spiro atoms. The first-order chi connectivity index (χ1) is 5.88. The molecule has 1 aromatic carbocycles. The molecular weight excluding hydrogens is 169 g/mol. The molecule has 3 heteroatoms. The van der Waals surface area contributed by atoms with Gasteiger partial charge in [-0.25, -0.2) is 4.39 Å². The van der Waals surface area contributed by atoms with Crippen LogP contribution in [0.2, 0.25) is 0 Å². The van der Waals surface area contributed by atoms with E-state index in [4.69, 9.17) is 5.73 Å². The first kappa shape index (κ1) is 9.99. The number of hydrogen-bond acceptors (Lipinski definition) is 2. The first-order valence-electron chi connectivity index (χ1n) is 4.15. The van der Waals surface area contributed by atoms with Crippen molar-refractivity contribution in [2.75, 3.05) is 0 Å². The third kappa shape index (κ3) is 3.03. The van der Waals surface area contributed by atoms with Crippen LogP contribution in [0, 0.1) is 5.82 Å². The second kappa shape index (κ2) is 3.34. The molecule has 0 aliphatic heterocycles. The second-order valence-electron chi connectivity index (χ2n) is 3.94. The number of hydrogen-bond donors (Lipinski definition) is 2. The van der Waals surface area contributed by atoms with Crippen molar-refractivity contribution in [2.24, 2.45) is 5.73 Å². The highest BCUT2D eigenvalue weighted by atomic mass is 19.1. The summed E-state index contributed by atoms with van der Waals surface area (Å²) in [6, 6.07) is 3.88. The summed E-state index contributed by atoms with van der Waals surface area (Å²) in [6.07, 6.45) is 0.455. The Labute approximate surface area is 77.2 Å². The van der Waals surface area contributed by atoms with Gasteiger partial charge in [0.15, 0.2) is 0 Å². The van der Waals surface area contributed by atoms with E-state index in [0.717, 1.165) is 0 Å². The maximum absolute atomic E-state index is 12.8. The molecule has 0 fully saturated rings. The number of phenols is 1. The van der Waals surface area contributed by atoms with Gasteiger partial charge in [-0.05, 0) is 44.0 Å². The number of nitrogens with two attached hydrogens (primary N) is 1. The molecule has 1 aromatic rings. The van der Waals surface area contributed by atoms with E-state index in [9.17, 15) is 9.50 Å². The van der Waals surface area contributed by atoms with Crippen LogP contribution >= 0.6 is 0 Å². The van der Waals surface area contributed by atoms with Gasteiger partial charge in [0.25, 0.3) is 0 Å². The average molecular weight is 183 g/mol. The number of benzene rings is 1. The average Bonchev–Trinajstić information content (AvgIpc) is 1.94. The summed E-state index contributed by atoms with van der Waals surface area (Å²) >= 11 is 0. The highest BCUT2D eigenvalue weighted by molar-refractivity contribution is 5.33. The highest BCUT2D eigenvalue weighted by Gasteiger charge is 2.14. The molecule has 3 N–H and O–H groups in total. The van der Waals surface area contributed by atoms with E-state index in [-0.39, 0.29) is 11.6 Å². The van der Waals surface area contributed by atoms with Gasteiger partial charge in [-0.2, -0.15) is 0 Å². The van der Waals surface area contributed by atoms with Gasteiger partial charge in [-0.1, -0.05) is 0 Å². The van der Waals surface area contributed by atoms with E-state index >= 15 is 0 Å². The van der Waals surface area contributed by atoms with Crippen LogP contribution in [0.25, 0.3) is 0 Å². The molecule has 0 unspecified atom stereocenters. The lowest BCUT2D eigenvalue weighted by atomic mass is 9.95. The SMILES string of the molecule is CC(C)(N)Cc1cc(F)ccc1O. The predicted octanol–water partition coefficient (Wildman–Crippen LogP) is 1.81. The van der Waals surface area contributed by atoms with Crippen molar-refractivity contribution in [3.8, 4) is 5.75 Å². The van der Waals surface area contributed by atoms with E-state index in [0.29, 0.717) is 12.0 Å². The summed E-state index contributed by atoms with van der Waals surface area (Å²) in [5.74, 6) is -0.253. The molecule has 2 nitrogen and oxygen atoms in total. The molecule has 0 saturated carbocycles. The lowest BCUT2D eigenvalue weighted by Crippen LogP contribution is -2.34. The molecule has 13 heavy (non-hydrogen) atoms. The molecule has 0 radical (unpaired) electrons. The maximum Gasteiger partial charge on any atom is 0.123 e. The predicted molar refractivity (Wildman–Crippen MR) is 50.0 cm³/mol. The zero-order valence-corrected chi connectivity index (χ0v) is 7.84. The molecule has 72 valence electrons. The molecule has 0 aromatic heterocycles. The Morgan fingerprint density at radius 2 is 2.08 bits per heavy atom. The van der Waals surface area contributed by atoms with Crippen molar-refractivity contribution in [1.29, 1.82) is 0 Å². The van der Waals surface area contributed by atoms with Crippen LogP contribution < -0.4 is 5.73 Å². The molecule has 0 saturated heterocycles. The lowest BCUT2D eigenvalue weighted by molar-refractivity contribution is 0.447. The third-order valence-electron chi connectivity index (χ3n) is 1.69. The van der Waals surface area contributed by atoms with Gasteiger partial charge in [-0.15, -0.1) is 0 Å². The zero-order chi connectivity index (χ0) is 10.1. The second-order valence-corrected chi connectivity index (χ2v) is 3.94. The van der Waals surface area contributed by atoms with Crippen LogP contribution in [0.15, 0.2) is 18.2 Å². The molecule has 0 heterocycles. The van der Waals surface area contributed by atoms with Crippen molar-refractivity contribution >= 4 is 0 Å². The standard InChI is InChI=1S/C10H14FNO/c1-10(2,12)6-7-5-8(11)3-4-9(7)13/h3-5,13H,6,12H2,1-2H3. The van der Waals surface area contributed by atoms with Gasteiger partial charge >= 0.3 is 0 Å². The molecule has 0 aliphatic rings. The minimum absolute atomic E-state index is 0.0972. The van der Waals surface area contributed by atoms with Crippen LogP contribution in [-0.2, 0) is 6.42 Å². The molecule has 0 aliphatic carbocycles. The van der Waals surface area contributed by atoms with Gasteiger partial charge in [0.05, 0.1) is 0 Å². The van der Waals surface area contributed by atoms with Gasteiger partial charge in [-0.3, -0.25) is 0 Å². The quantitative estimate of drug-likeness (QED) is 0.734. The number of rotatable bonds is 2. The minimum atomic E-state index is -0.439. The Hall–Kier alpha value is -1.09. The summed E-state index contributed by atoms with van der Waals surface area (Å²) in [5, 5.41) is 9.38.